The number of aromatic carboxylic acids is 1. The minimum atomic E-state index is -1.06. The Balaban J connectivity index is 2.15. The SMILES string of the molecule is O=CNc1cc(C(=O)O)cc(-c2nc3ccncc3s2)c1. The normalized spacial score (nSPS) is 10.5. The molecule has 1 amide bonds. The topological polar surface area (TPSA) is 92.2 Å². The van der Waals surface area contributed by atoms with Crippen molar-refractivity contribution in [1.29, 1.82) is 0 Å². The predicted octanol–water partition coefficient (Wildman–Crippen LogP) is 2.62. The molecule has 0 spiro atoms. The van der Waals surface area contributed by atoms with Crippen LogP contribution >= 0.6 is 11.3 Å². The number of carbonyl (C=O) groups is 2. The second kappa shape index (κ2) is 5.29. The van der Waals surface area contributed by atoms with Crippen molar-refractivity contribution in [2.75, 3.05) is 5.32 Å². The summed E-state index contributed by atoms with van der Waals surface area (Å²) in [7, 11) is 0. The van der Waals surface area contributed by atoms with Gasteiger partial charge in [0.15, 0.2) is 0 Å². The van der Waals surface area contributed by atoms with Gasteiger partial charge in [-0.1, -0.05) is 0 Å². The maximum atomic E-state index is 11.2. The number of carboxylic acids is 1. The Morgan fingerprint density at radius 3 is 2.90 bits per heavy atom. The van der Waals surface area contributed by atoms with Gasteiger partial charge in [-0.25, -0.2) is 9.78 Å². The van der Waals surface area contributed by atoms with Crippen molar-refractivity contribution in [1.82, 2.24) is 9.97 Å². The molecule has 7 heteroatoms. The highest BCUT2D eigenvalue weighted by atomic mass is 32.1. The third-order valence-corrected chi connectivity index (χ3v) is 3.90. The van der Waals surface area contributed by atoms with E-state index in [0.717, 1.165) is 10.2 Å². The van der Waals surface area contributed by atoms with Crippen LogP contribution in [0.5, 0.6) is 0 Å². The molecule has 0 aliphatic rings. The van der Waals surface area contributed by atoms with Gasteiger partial charge in [0.2, 0.25) is 6.41 Å². The van der Waals surface area contributed by atoms with Crippen molar-refractivity contribution in [2.45, 2.75) is 0 Å². The maximum absolute atomic E-state index is 11.2. The lowest BCUT2D eigenvalue weighted by Gasteiger charge is -2.04. The number of benzene rings is 1. The second-order valence-electron chi connectivity index (χ2n) is 4.23. The van der Waals surface area contributed by atoms with Crippen LogP contribution in [0.4, 0.5) is 5.69 Å². The number of aromatic nitrogens is 2. The van der Waals surface area contributed by atoms with Crippen molar-refractivity contribution in [2.24, 2.45) is 0 Å². The molecule has 0 atom stereocenters. The highest BCUT2D eigenvalue weighted by Gasteiger charge is 2.12. The number of nitrogens with zero attached hydrogens (tertiary/aromatic N) is 2. The Bertz CT molecular complexity index is 811. The number of thiazole rings is 1. The summed E-state index contributed by atoms with van der Waals surface area (Å²) in [6.07, 6.45) is 3.87. The maximum Gasteiger partial charge on any atom is 0.335 e. The molecule has 1 aromatic carbocycles. The van der Waals surface area contributed by atoms with E-state index in [0.29, 0.717) is 22.7 Å². The highest BCUT2D eigenvalue weighted by Crippen LogP contribution is 2.31. The summed E-state index contributed by atoms with van der Waals surface area (Å²) in [6.45, 7) is 0. The number of pyridine rings is 1. The Morgan fingerprint density at radius 2 is 2.19 bits per heavy atom. The largest absolute Gasteiger partial charge is 0.478 e. The van der Waals surface area contributed by atoms with Crippen LogP contribution in [0.15, 0.2) is 36.7 Å². The van der Waals surface area contributed by atoms with Crippen LogP contribution in [0.1, 0.15) is 10.4 Å². The number of carbonyl (C=O) groups excluding carboxylic acids is 1. The third kappa shape index (κ3) is 2.59. The van der Waals surface area contributed by atoms with E-state index in [1.807, 2.05) is 0 Å². The van der Waals surface area contributed by atoms with Gasteiger partial charge in [-0.2, -0.15) is 0 Å². The molecule has 6 nitrogen and oxygen atoms in total. The van der Waals surface area contributed by atoms with Crippen LogP contribution in [0.3, 0.4) is 0 Å². The van der Waals surface area contributed by atoms with Gasteiger partial charge in [0.1, 0.15) is 5.01 Å². The van der Waals surface area contributed by atoms with Crippen molar-refractivity contribution in [3.63, 3.8) is 0 Å². The Morgan fingerprint density at radius 1 is 1.33 bits per heavy atom. The zero-order valence-electron chi connectivity index (χ0n) is 10.6. The van der Waals surface area contributed by atoms with Crippen LogP contribution in [0.25, 0.3) is 20.8 Å². The molecule has 0 aliphatic carbocycles. The van der Waals surface area contributed by atoms with Gasteiger partial charge in [0.05, 0.1) is 15.8 Å². The van der Waals surface area contributed by atoms with Crippen molar-refractivity contribution >= 4 is 39.6 Å². The average Bonchev–Trinajstić information content (AvgIpc) is 2.91. The fourth-order valence-corrected chi connectivity index (χ4v) is 2.85. The predicted molar refractivity (Wildman–Crippen MR) is 79.5 cm³/mol. The number of amides is 1. The van der Waals surface area contributed by atoms with Crippen LogP contribution in [-0.4, -0.2) is 27.5 Å². The van der Waals surface area contributed by atoms with Gasteiger partial charge in [-0.05, 0) is 24.3 Å². The number of hydrogen-bond donors (Lipinski definition) is 2. The molecule has 0 aliphatic heterocycles. The molecule has 21 heavy (non-hydrogen) atoms. The first-order chi connectivity index (χ1) is 10.2. The van der Waals surface area contributed by atoms with Crippen LogP contribution < -0.4 is 5.32 Å². The van der Waals surface area contributed by atoms with Crippen molar-refractivity contribution < 1.29 is 14.7 Å². The lowest BCUT2D eigenvalue weighted by molar-refractivity contribution is -0.105. The summed E-state index contributed by atoms with van der Waals surface area (Å²) in [4.78, 5) is 30.2. The molecule has 0 bridgehead atoms. The van der Waals surface area contributed by atoms with Gasteiger partial charge in [0, 0.05) is 23.6 Å². The summed E-state index contributed by atoms with van der Waals surface area (Å²) < 4.78 is 0.915. The molecule has 104 valence electrons. The summed E-state index contributed by atoms with van der Waals surface area (Å²) in [5, 5.41) is 12.3. The van der Waals surface area contributed by atoms with Crippen molar-refractivity contribution in [3.05, 3.63) is 42.2 Å². The number of anilines is 1. The zero-order chi connectivity index (χ0) is 14.8. The lowest BCUT2D eigenvalue weighted by atomic mass is 10.1. The monoisotopic (exact) mass is 299 g/mol. The Kier molecular flexibility index (Phi) is 3.33. The molecule has 3 rings (SSSR count). The molecule has 3 aromatic rings. The van der Waals surface area contributed by atoms with Crippen LogP contribution in [0, 0.1) is 0 Å². The molecule has 0 unspecified atom stereocenters. The first-order valence-electron chi connectivity index (χ1n) is 5.97. The zero-order valence-corrected chi connectivity index (χ0v) is 11.4. The van der Waals surface area contributed by atoms with E-state index < -0.39 is 5.97 Å². The lowest BCUT2D eigenvalue weighted by Crippen LogP contribution is -2.00. The summed E-state index contributed by atoms with van der Waals surface area (Å²) in [5.41, 5.74) is 1.95. The van der Waals surface area contributed by atoms with Gasteiger partial charge < -0.3 is 10.4 Å². The summed E-state index contributed by atoms with van der Waals surface area (Å²) in [5.74, 6) is -1.06. The van der Waals surface area contributed by atoms with E-state index in [9.17, 15) is 9.59 Å². The van der Waals surface area contributed by atoms with Crippen LogP contribution in [0.2, 0.25) is 0 Å². The highest BCUT2D eigenvalue weighted by molar-refractivity contribution is 7.21. The Labute approximate surface area is 123 Å². The molecular formula is C14H9N3O3S. The second-order valence-corrected chi connectivity index (χ2v) is 5.26. The third-order valence-electron chi connectivity index (χ3n) is 2.84. The van der Waals surface area contributed by atoms with Crippen LogP contribution in [-0.2, 0) is 4.79 Å². The van der Waals surface area contributed by atoms with Crippen molar-refractivity contribution in [3.8, 4) is 10.6 Å². The molecule has 0 saturated carbocycles. The summed E-state index contributed by atoms with van der Waals surface area (Å²) in [6, 6.07) is 6.41. The number of carboxylic acid groups (broad SMARTS) is 1. The molecule has 2 heterocycles. The Hall–Kier alpha value is -2.80. The minimum absolute atomic E-state index is 0.0919. The van der Waals surface area contributed by atoms with Gasteiger partial charge >= 0.3 is 5.97 Å². The molecule has 0 fully saturated rings. The first-order valence-corrected chi connectivity index (χ1v) is 6.78. The molecule has 2 N–H and O–H groups in total. The summed E-state index contributed by atoms with van der Waals surface area (Å²) >= 11 is 1.41. The van der Waals surface area contributed by atoms with Gasteiger partial charge in [-0.3, -0.25) is 9.78 Å². The first kappa shape index (κ1) is 13.2. The standard InChI is InChI=1S/C14H9N3O3S/c18-7-16-10-4-8(3-9(5-10)14(19)20)13-17-11-1-2-15-6-12(11)21-13/h1-7H,(H,16,18)(H,19,20). The number of rotatable bonds is 4. The van der Waals surface area contributed by atoms with E-state index in [1.165, 1.54) is 23.5 Å². The van der Waals surface area contributed by atoms with E-state index in [4.69, 9.17) is 5.11 Å². The van der Waals surface area contributed by atoms with E-state index in [1.54, 1.807) is 24.5 Å². The molecular weight excluding hydrogens is 290 g/mol. The quantitative estimate of drug-likeness (QED) is 0.722. The van der Waals surface area contributed by atoms with E-state index in [-0.39, 0.29) is 5.56 Å². The van der Waals surface area contributed by atoms with E-state index >= 15 is 0 Å². The van der Waals surface area contributed by atoms with Gasteiger partial charge in [0.25, 0.3) is 0 Å². The molecule has 2 aromatic heterocycles. The number of fused-ring (bicyclic) bond motifs is 1. The fourth-order valence-electron chi connectivity index (χ4n) is 1.93. The number of hydrogen-bond acceptors (Lipinski definition) is 5. The van der Waals surface area contributed by atoms with Gasteiger partial charge in [-0.15, -0.1) is 11.3 Å². The average molecular weight is 299 g/mol. The van der Waals surface area contributed by atoms with E-state index in [2.05, 4.69) is 15.3 Å². The molecule has 0 saturated heterocycles. The molecule has 0 radical (unpaired) electrons. The number of nitrogens with one attached hydrogen (secondary N) is 1. The smallest absolute Gasteiger partial charge is 0.335 e. The minimum Gasteiger partial charge on any atom is -0.478 e. The fraction of sp³-hybridized carbons (Fsp3) is 0.